The van der Waals surface area contributed by atoms with Crippen molar-refractivity contribution in [3.63, 3.8) is 0 Å². The molecule has 1 heterocycles. The third kappa shape index (κ3) is 7.37. The quantitative estimate of drug-likeness (QED) is 0.254. The zero-order chi connectivity index (χ0) is 26.0. The maximum atomic E-state index is 13.6. The number of methoxy groups -OCH3 is 1. The van der Waals surface area contributed by atoms with E-state index in [2.05, 4.69) is 5.32 Å². The second-order valence-corrected chi connectivity index (χ2v) is 9.99. The summed E-state index contributed by atoms with van der Waals surface area (Å²) in [7, 11) is 1.64. The molecule has 1 aliphatic heterocycles. The Labute approximate surface area is 215 Å². The molecular formula is C29H39N3O4. The maximum Gasteiger partial charge on any atom is 0.250 e. The number of quaternary nitrogens is 1. The molecule has 7 heteroatoms. The van der Waals surface area contributed by atoms with Crippen LogP contribution in [0.25, 0.3) is 0 Å². The van der Waals surface area contributed by atoms with Gasteiger partial charge < -0.3 is 24.6 Å². The number of hydroxylamine groups is 3. The summed E-state index contributed by atoms with van der Waals surface area (Å²) < 4.78 is 11.4. The molecule has 4 atom stereocenters. The van der Waals surface area contributed by atoms with Crippen molar-refractivity contribution in [1.82, 2.24) is 5.32 Å². The molecule has 36 heavy (non-hydrogen) atoms. The third-order valence-corrected chi connectivity index (χ3v) is 6.85. The molecule has 0 radical (unpaired) electrons. The van der Waals surface area contributed by atoms with Crippen LogP contribution in [0.4, 0.5) is 0 Å². The highest BCUT2D eigenvalue weighted by Gasteiger charge is 2.33. The predicted octanol–water partition coefficient (Wildman–Crippen LogP) is 5.03. The molecule has 194 valence electrons. The van der Waals surface area contributed by atoms with Crippen LogP contribution in [-0.2, 0) is 14.3 Å². The number of benzene rings is 2. The molecule has 0 aromatic heterocycles. The van der Waals surface area contributed by atoms with Crippen molar-refractivity contribution in [3.05, 3.63) is 76.5 Å². The van der Waals surface area contributed by atoms with Gasteiger partial charge in [-0.1, -0.05) is 68.4 Å². The van der Waals surface area contributed by atoms with E-state index in [1.165, 1.54) is 0 Å². The molecule has 2 aromatic rings. The minimum Gasteiger partial charge on any atom is -0.632 e. The number of carbonyl (C=O) groups is 1. The van der Waals surface area contributed by atoms with Gasteiger partial charge in [-0.15, -0.1) is 0 Å². The summed E-state index contributed by atoms with van der Waals surface area (Å²) in [6.45, 7) is 5.55. The first-order valence-corrected chi connectivity index (χ1v) is 12.9. The van der Waals surface area contributed by atoms with E-state index in [0.29, 0.717) is 26.1 Å². The number of nitriles is 1. The van der Waals surface area contributed by atoms with Crippen molar-refractivity contribution in [2.45, 2.75) is 57.8 Å². The molecule has 1 N–H and O–H groups in total. The normalized spacial score (nSPS) is 21.5. The molecule has 3 rings (SSSR count). The van der Waals surface area contributed by atoms with E-state index >= 15 is 0 Å². The van der Waals surface area contributed by atoms with E-state index in [1.54, 1.807) is 7.11 Å². The van der Waals surface area contributed by atoms with Crippen LogP contribution in [0.3, 0.4) is 0 Å². The van der Waals surface area contributed by atoms with Crippen LogP contribution in [0.2, 0.25) is 0 Å². The van der Waals surface area contributed by atoms with Gasteiger partial charge in [0.25, 0.3) is 0 Å². The average Bonchev–Trinajstić information content (AvgIpc) is 2.89. The largest absolute Gasteiger partial charge is 0.632 e. The molecule has 0 spiro atoms. The number of nitrogens with one attached hydrogen (secondary N) is 1. The van der Waals surface area contributed by atoms with Gasteiger partial charge in [-0.25, -0.2) is 0 Å². The number of hydrogen-bond acceptors (Lipinski definition) is 5. The molecule has 1 saturated heterocycles. The minimum atomic E-state index is -0.693. The van der Waals surface area contributed by atoms with Gasteiger partial charge in [0.15, 0.2) is 0 Å². The lowest BCUT2D eigenvalue weighted by molar-refractivity contribution is -0.917. The Morgan fingerprint density at radius 1 is 1.14 bits per heavy atom. The monoisotopic (exact) mass is 493 g/mol. The first-order valence-electron chi connectivity index (χ1n) is 12.9. The van der Waals surface area contributed by atoms with Gasteiger partial charge in [0.1, 0.15) is 31.3 Å². The SMILES string of the molecule is COCC[N@+]1([O-])CCCCC1c1ccc(C(O[C@@H](CC(C)C)C(=O)NCC#N)c2ccccc2)cc1. The van der Waals surface area contributed by atoms with Crippen LogP contribution in [-0.4, -0.2) is 50.0 Å². The second-order valence-electron chi connectivity index (χ2n) is 9.99. The molecule has 0 bridgehead atoms. The van der Waals surface area contributed by atoms with Crippen LogP contribution in [0.5, 0.6) is 0 Å². The first kappa shape index (κ1) is 27.8. The van der Waals surface area contributed by atoms with Crippen LogP contribution in [0.15, 0.2) is 54.6 Å². The Kier molecular flexibility index (Phi) is 10.4. The summed E-state index contributed by atoms with van der Waals surface area (Å²) >= 11 is 0. The standard InChI is InChI=1S/C29H39N3O4/c1-22(2)21-27(29(33)31-17-16-30)36-28(24-9-5-4-6-10-24)25-14-12-23(13-15-25)26-11-7-8-18-32(26,34)19-20-35-3/h4-6,9-10,12-15,22,26-28H,7-8,11,17-21H2,1-3H3,(H,31,33)/t26?,27-,28?,32+/m0/s1. The molecule has 2 aromatic carbocycles. The molecule has 1 amide bonds. The Hall–Kier alpha value is -2.76. The Balaban J connectivity index is 1.89. The van der Waals surface area contributed by atoms with Crippen LogP contribution in [0, 0.1) is 22.5 Å². The Bertz CT molecular complexity index is 990. The van der Waals surface area contributed by atoms with Crippen molar-refractivity contribution in [2.75, 3.05) is 33.4 Å². The molecule has 7 nitrogen and oxygen atoms in total. The Morgan fingerprint density at radius 2 is 1.83 bits per heavy atom. The van der Waals surface area contributed by atoms with Crippen LogP contribution >= 0.6 is 0 Å². The fraction of sp³-hybridized carbons (Fsp3) is 0.517. The number of amides is 1. The number of likely N-dealkylation sites (tertiary alicyclic amines) is 1. The van der Waals surface area contributed by atoms with Gasteiger partial charge in [-0.05, 0) is 36.3 Å². The van der Waals surface area contributed by atoms with E-state index in [9.17, 15) is 10.0 Å². The molecule has 1 aliphatic rings. The topological polar surface area (TPSA) is 94.4 Å². The second kappa shape index (κ2) is 13.5. The summed E-state index contributed by atoms with van der Waals surface area (Å²) in [5, 5.41) is 25.2. The number of ether oxygens (including phenoxy) is 2. The zero-order valence-electron chi connectivity index (χ0n) is 21.7. The number of hydrogen-bond donors (Lipinski definition) is 1. The highest BCUT2D eigenvalue weighted by Crippen LogP contribution is 2.38. The van der Waals surface area contributed by atoms with Gasteiger partial charge in [-0.2, -0.15) is 5.26 Å². The van der Waals surface area contributed by atoms with E-state index in [-0.39, 0.29) is 29.1 Å². The van der Waals surface area contributed by atoms with Crippen LogP contribution < -0.4 is 5.32 Å². The van der Waals surface area contributed by atoms with Crippen molar-refractivity contribution in [2.24, 2.45) is 5.92 Å². The summed E-state index contributed by atoms with van der Waals surface area (Å²) in [6.07, 6.45) is 2.24. The van der Waals surface area contributed by atoms with Gasteiger partial charge >= 0.3 is 0 Å². The molecule has 0 aliphatic carbocycles. The molecule has 2 unspecified atom stereocenters. The maximum absolute atomic E-state index is 13.6. The smallest absolute Gasteiger partial charge is 0.250 e. The van der Waals surface area contributed by atoms with E-state index in [0.717, 1.165) is 36.0 Å². The van der Waals surface area contributed by atoms with Gasteiger partial charge in [-0.3, -0.25) is 4.79 Å². The van der Waals surface area contributed by atoms with Gasteiger partial charge in [0.2, 0.25) is 5.91 Å². The fourth-order valence-corrected chi connectivity index (χ4v) is 4.99. The number of carbonyl (C=O) groups excluding carboxylic acids is 1. The summed E-state index contributed by atoms with van der Waals surface area (Å²) in [5.41, 5.74) is 2.89. The molecular weight excluding hydrogens is 454 g/mol. The summed E-state index contributed by atoms with van der Waals surface area (Å²) in [5.74, 6) is -0.0421. The molecule has 0 saturated carbocycles. The lowest BCUT2D eigenvalue weighted by Crippen LogP contribution is -2.50. The number of rotatable bonds is 12. The minimum absolute atomic E-state index is 0.0544. The average molecular weight is 494 g/mol. The Morgan fingerprint density at radius 3 is 2.47 bits per heavy atom. The lowest BCUT2D eigenvalue weighted by Gasteiger charge is -2.51. The third-order valence-electron chi connectivity index (χ3n) is 6.85. The number of nitrogens with zero attached hydrogens (tertiary/aromatic N) is 2. The first-order chi connectivity index (χ1) is 17.4. The van der Waals surface area contributed by atoms with Crippen molar-refractivity contribution in [1.29, 1.82) is 5.26 Å². The summed E-state index contributed by atoms with van der Waals surface area (Å²) in [4.78, 5) is 12.8. The van der Waals surface area contributed by atoms with E-state index < -0.39 is 12.2 Å². The fourth-order valence-electron chi connectivity index (χ4n) is 4.99. The molecule has 1 fully saturated rings. The summed E-state index contributed by atoms with van der Waals surface area (Å²) in [6, 6.07) is 19.8. The highest BCUT2D eigenvalue weighted by atomic mass is 16.6. The highest BCUT2D eigenvalue weighted by molar-refractivity contribution is 5.81. The van der Waals surface area contributed by atoms with Gasteiger partial charge in [0.05, 0.1) is 19.2 Å². The lowest BCUT2D eigenvalue weighted by atomic mass is 9.92. The van der Waals surface area contributed by atoms with Crippen LogP contribution in [0.1, 0.15) is 68.4 Å². The zero-order valence-corrected chi connectivity index (χ0v) is 21.7. The number of piperidine rings is 1. The predicted molar refractivity (Wildman–Crippen MR) is 140 cm³/mol. The van der Waals surface area contributed by atoms with E-state index in [4.69, 9.17) is 14.7 Å². The van der Waals surface area contributed by atoms with Gasteiger partial charge in [0, 0.05) is 19.1 Å². The van der Waals surface area contributed by atoms with Crippen molar-refractivity contribution in [3.8, 4) is 6.07 Å². The van der Waals surface area contributed by atoms with Crippen molar-refractivity contribution >= 4 is 5.91 Å². The van der Waals surface area contributed by atoms with Crippen molar-refractivity contribution < 1.29 is 18.9 Å². The van der Waals surface area contributed by atoms with E-state index in [1.807, 2.05) is 74.5 Å².